The van der Waals surface area contributed by atoms with Gasteiger partial charge < -0.3 is 5.73 Å². The van der Waals surface area contributed by atoms with Crippen LogP contribution in [0.4, 0.5) is 13.2 Å². The molecule has 2 N–H and O–H groups in total. The van der Waals surface area contributed by atoms with Gasteiger partial charge in [0.25, 0.3) is 0 Å². The summed E-state index contributed by atoms with van der Waals surface area (Å²) in [6, 6.07) is -1.78. The molecule has 74 valence electrons. The van der Waals surface area contributed by atoms with Crippen LogP contribution in [-0.4, -0.2) is 17.2 Å². The molecule has 2 nitrogen and oxygen atoms in total. The van der Waals surface area contributed by atoms with Gasteiger partial charge >= 0.3 is 6.18 Å². The van der Waals surface area contributed by atoms with Crippen LogP contribution in [0.2, 0.25) is 0 Å². The van der Waals surface area contributed by atoms with E-state index in [0.717, 1.165) is 5.01 Å². The van der Waals surface area contributed by atoms with Gasteiger partial charge in [-0.2, -0.15) is 13.2 Å². The van der Waals surface area contributed by atoms with E-state index in [1.165, 1.54) is 17.5 Å². The number of halogens is 3. The van der Waals surface area contributed by atoms with Crippen LogP contribution in [0, 0.1) is 6.92 Å². The Hall–Kier alpha value is -0.620. The fourth-order valence-corrected chi connectivity index (χ4v) is 1.69. The van der Waals surface area contributed by atoms with E-state index in [9.17, 15) is 13.2 Å². The molecule has 0 aliphatic rings. The molecule has 0 amide bonds. The zero-order chi connectivity index (χ0) is 10.1. The highest BCUT2D eigenvalue weighted by molar-refractivity contribution is 7.11. The number of aromatic nitrogens is 1. The van der Waals surface area contributed by atoms with Crippen molar-refractivity contribution in [3.8, 4) is 0 Å². The van der Waals surface area contributed by atoms with Crippen LogP contribution in [0.3, 0.4) is 0 Å². The lowest BCUT2D eigenvalue weighted by molar-refractivity contribution is -0.147. The van der Waals surface area contributed by atoms with Crippen molar-refractivity contribution in [1.82, 2.24) is 4.98 Å². The van der Waals surface area contributed by atoms with Crippen molar-refractivity contribution in [1.29, 1.82) is 0 Å². The summed E-state index contributed by atoms with van der Waals surface area (Å²) in [7, 11) is 0. The topological polar surface area (TPSA) is 38.9 Å². The van der Waals surface area contributed by atoms with Crippen molar-refractivity contribution in [3.63, 3.8) is 0 Å². The van der Waals surface area contributed by atoms with Gasteiger partial charge in [0, 0.05) is 17.5 Å². The highest BCUT2D eigenvalue weighted by Crippen LogP contribution is 2.23. The maximum atomic E-state index is 12.0. The Morgan fingerprint density at radius 1 is 1.62 bits per heavy atom. The van der Waals surface area contributed by atoms with E-state index in [-0.39, 0.29) is 6.42 Å². The molecule has 0 saturated heterocycles. The molecule has 0 spiro atoms. The largest absolute Gasteiger partial charge is 0.403 e. The molecular weight excluding hydrogens is 201 g/mol. The van der Waals surface area contributed by atoms with E-state index >= 15 is 0 Å². The van der Waals surface area contributed by atoms with E-state index < -0.39 is 12.2 Å². The predicted octanol–water partition coefficient (Wildman–Crippen LogP) is 1.88. The molecule has 1 aromatic heterocycles. The fraction of sp³-hybridized carbons (Fsp3) is 0.571. The summed E-state index contributed by atoms with van der Waals surface area (Å²) >= 11 is 1.24. The number of hydrogen-bond acceptors (Lipinski definition) is 3. The van der Waals surface area contributed by atoms with Crippen LogP contribution in [0.15, 0.2) is 6.20 Å². The summed E-state index contributed by atoms with van der Waals surface area (Å²) in [5.41, 5.74) is 4.95. The van der Waals surface area contributed by atoms with Crippen LogP contribution in [0.25, 0.3) is 0 Å². The number of aryl methyl sites for hydroxylation is 1. The first kappa shape index (κ1) is 10.5. The first-order valence-electron chi connectivity index (χ1n) is 3.63. The van der Waals surface area contributed by atoms with Gasteiger partial charge in [-0.05, 0) is 6.92 Å². The Morgan fingerprint density at radius 2 is 2.23 bits per heavy atom. The van der Waals surface area contributed by atoms with E-state index in [2.05, 4.69) is 4.98 Å². The highest BCUT2D eigenvalue weighted by atomic mass is 32.1. The number of rotatable bonds is 2. The maximum Gasteiger partial charge on any atom is 0.403 e. The SMILES string of the molecule is Cc1ncc(CC(N)C(F)(F)F)s1. The molecule has 0 radical (unpaired) electrons. The second-order valence-corrected chi connectivity index (χ2v) is 4.02. The van der Waals surface area contributed by atoms with E-state index in [0.29, 0.717) is 4.88 Å². The van der Waals surface area contributed by atoms with Crippen LogP contribution in [0.1, 0.15) is 9.88 Å². The zero-order valence-corrected chi connectivity index (χ0v) is 7.75. The minimum absolute atomic E-state index is 0.186. The summed E-state index contributed by atoms with van der Waals surface area (Å²) in [5.74, 6) is 0. The Labute approximate surface area is 77.6 Å². The summed E-state index contributed by atoms with van der Waals surface area (Å²) in [4.78, 5) is 4.42. The molecule has 0 fully saturated rings. The summed E-state index contributed by atoms with van der Waals surface area (Å²) in [6.45, 7) is 1.74. The van der Waals surface area contributed by atoms with Gasteiger partial charge in [0.2, 0.25) is 0 Å². The molecule has 0 saturated carbocycles. The van der Waals surface area contributed by atoms with Crippen LogP contribution < -0.4 is 5.73 Å². The number of thiazole rings is 1. The second kappa shape index (κ2) is 3.63. The van der Waals surface area contributed by atoms with Gasteiger partial charge in [0.1, 0.15) is 6.04 Å². The minimum Gasteiger partial charge on any atom is -0.320 e. The van der Waals surface area contributed by atoms with E-state index in [4.69, 9.17) is 5.73 Å². The van der Waals surface area contributed by atoms with Gasteiger partial charge in [-0.3, -0.25) is 0 Å². The molecule has 0 aliphatic heterocycles. The van der Waals surface area contributed by atoms with Gasteiger partial charge in [-0.1, -0.05) is 0 Å². The Morgan fingerprint density at radius 3 is 2.62 bits per heavy atom. The van der Waals surface area contributed by atoms with Crippen molar-refractivity contribution in [2.24, 2.45) is 5.73 Å². The van der Waals surface area contributed by atoms with Crippen LogP contribution in [0.5, 0.6) is 0 Å². The lowest BCUT2D eigenvalue weighted by Crippen LogP contribution is -2.38. The normalized spacial score (nSPS) is 14.5. The van der Waals surface area contributed by atoms with Crippen molar-refractivity contribution < 1.29 is 13.2 Å². The molecule has 6 heteroatoms. The van der Waals surface area contributed by atoms with Crippen molar-refractivity contribution >= 4 is 11.3 Å². The molecular formula is C7H9F3N2S. The Balaban J connectivity index is 2.60. The monoisotopic (exact) mass is 210 g/mol. The van der Waals surface area contributed by atoms with Crippen molar-refractivity contribution in [3.05, 3.63) is 16.1 Å². The van der Waals surface area contributed by atoms with Gasteiger partial charge in [0.15, 0.2) is 0 Å². The number of nitrogens with two attached hydrogens (primary N) is 1. The molecule has 1 heterocycles. The standard InChI is InChI=1S/C7H9F3N2S/c1-4-12-3-5(13-4)2-6(11)7(8,9)10/h3,6H,2,11H2,1H3. The average Bonchev–Trinajstić information content (AvgIpc) is 2.33. The number of nitrogens with zero attached hydrogens (tertiary/aromatic N) is 1. The summed E-state index contributed by atoms with van der Waals surface area (Å²) in [6.07, 6.45) is -3.07. The lowest BCUT2D eigenvalue weighted by Gasteiger charge is -2.13. The third-order valence-corrected chi connectivity index (χ3v) is 2.45. The molecule has 1 rings (SSSR count). The maximum absolute atomic E-state index is 12.0. The molecule has 1 unspecified atom stereocenters. The molecule has 13 heavy (non-hydrogen) atoms. The van der Waals surface area contributed by atoms with Gasteiger partial charge in [-0.25, -0.2) is 4.98 Å². The summed E-state index contributed by atoms with van der Waals surface area (Å²) < 4.78 is 36.0. The van der Waals surface area contributed by atoms with Gasteiger partial charge in [-0.15, -0.1) is 11.3 Å². The third-order valence-electron chi connectivity index (χ3n) is 1.51. The highest BCUT2D eigenvalue weighted by Gasteiger charge is 2.36. The Bertz CT molecular complexity index is 282. The smallest absolute Gasteiger partial charge is 0.320 e. The quantitative estimate of drug-likeness (QED) is 0.809. The van der Waals surface area contributed by atoms with E-state index in [1.54, 1.807) is 6.92 Å². The summed E-state index contributed by atoms with van der Waals surface area (Å²) in [5, 5.41) is 0.754. The third kappa shape index (κ3) is 2.96. The predicted molar refractivity (Wildman–Crippen MR) is 44.6 cm³/mol. The number of alkyl halides is 3. The van der Waals surface area contributed by atoms with E-state index in [1.807, 2.05) is 0 Å². The average molecular weight is 210 g/mol. The molecule has 0 bridgehead atoms. The zero-order valence-electron chi connectivity index (χ0n) is 6.93. The van der Waals surface area contributed by atoms with Crippen molar-refractivity contribution in [2.45, 2.75) is 25.6 Å². The fourth-order valence-electron chi connectivity index (χ4n) is 0.832. The lowest BCUT2D eigenvalue weighted by atomic mass is 10.2. The minimum atomic E-state index is -4.32. The molecule has 0 aliphatic carbocycles. The van der Waals surface area contributed by atoms with Crippen LogP contribution >= 0.6 is 11.3 Å². The number of hydrogen-bond donors (Lipinski definition) is 1. The van der Waals surface area contributed by atoms with Gasteiger partial charge in [0.05, 0.1) is 5.01 Å². The van der Waals surface area contributed by atoms with Crippen molar-refractivity contribution in [2.75, 3.05) is 0 Å². The first-order valence-corrected chi connectivity index (χ1v) is 4.45. The first-order chi connectivity index (χ1) is 5.89. The molecule has 1 atom stereocenters. The Kier molecular flexibility index (Phi) is 2.92. The molecule has 0 aromatic carbocycles. The second-order valence-electron chi connectivity index (χ2n) is 2.70. The molecule has 1 aromatic rings. The van der Waals surface area contributed by atoms with Crippen LogP contribution in [-0.2, 0) is 6.42 Å².